The topological polar surface area (TPSA) is 47.6 Å². The highest BCUT2D eigenvalue weighted by Gasteiger charge is 2.14. The first-order valence-electron chi connectivity index (χ1n) is 6.91. The van der Waals surface area contributed by atoms with Crippen LogP contribution in [0.5, 0.6) is 11.5 Å². The van der Waals surface area contributed by atoms with Gasteiger partial charge in [-0.2, -0.15) is 0 Å². The molecule has 1 unspecified atom stereocenters. The number of hydrogen-bond donors (Lipinski definition) is 1. The Morgan fingerprint density at radius 3 is 2.50 bits per heavy atom. The van der Waals surface area contributed by atoms with Gasteiger partial charge in [-0.25, -0.2) is 4.39 Å². The van der Waals surface area contributed by atoms with Crippen LogP contribution in [0.2, 0.25) is 0 Å². The molecule has 2 rings (SSSR count). The molecule has 0 aromatic heterocycles. The van der Waals surface area contributed by atoms with Crippen molar-refractivity contribution < 1.29 is 18.7 Å². The normalized spacial score (nSPS) is 11.6. The first kappa shape index (κ1) is 15.8. The van der Waals surface area contributed by atoms with E-state index < -0.39 is 6.10 Å². The van der Waals surface area contributed by atoms with Crippen LogP contribution in [0, 0.1) is 5.82 Å². The number of amides is 1. The molecule has 0 aliphatic heterocycles. The molecule has 22 heavy (non-hydrogen) atoms. The van der Waals surface area contributed by atoms with E-state index in [-0.39, 0.29) is 18.3 Å². The maximum atomic E-state index is 13.1. The molecule has 0 bridgehead atoms. The Labute approximate surface area is 128 Å². The zero-order valence-corrected chi connectivity index (χ0v) is 12.5. The molecule has 1 amide bonds. The zero-order chi connectivity index (χ0) is 15.9. The molecule has 0 heterocycles. The molecule has 2 aromatic carbocycles. The molecular formula is C17H18FNO3. The summed E-state index contributed by atoms with van der Waals surface area (Å²) in [6, 6.07) is 13.1. The monoisotopic (exact) mass is 303 g/mol. The highest BCUT2D eigenvalue weighted by Crippen LogP contribution is 2.18. The van der Waals surface area contributed by atoms with Gasteiger partial charge in [0, 0.05) is 6.54 Å². The molecule has 1 atom stereocenters. The Morgan fingerprint density at radius 2 is 1.86 bits per heavy atom. The summed E-state index contributed by atoms with van der Waals surface area (Å²) in [5.74, 6) is 0.708. The van der Waals surface area contributed by atoms with Crippen LogP contribution in [0.4, 0.5) is 4.39 Å². The molecule has 0 saturated heterocycles. The van der Waals surface area contributed by atoms with Crippen molar-refractivity contribution in [3.63, 3.8) is 0 Å². The fraction of sp³-hybridized carbons (Fsp3) is 0.235. The molecule has 0 aliphatic carbocycles. The smallest absolute Gasteiger partial charge is 0.261 e. The minimum absolute atomic E-state index is 0.257. The van der Waals surface area contributed by atoms with Crippen molar-refractivity contribution in [2.75, 3.05) is 7.11 Å². The molecule has 116 valence electrons. The second kappa shape index (κ2) is 7.45. The highest BCUT2D eigenvalue weighted by atomic mass is 19.1. The number of benzene rings is 2. The Hall–Kier alpha value is -2.56. The van der Waals surface area contributed by atoms with E-state index in [0.717, 1.165) is 5.75 Å². The van der Waals surface area contributed by atoms with Gasteiger partial charge >= 0.3 is 0 Å². The van der Waals surface area contributed by atoms with Gasteiger partial charge < -0.3 is 14.8 Å². The van der Waals surface area contributed by atoms with Gasteiger partial charge in [0.05, 0.1) is 7.11 Å². The van der Waals surface area contributed by atoms with Gasteiger partial charge in [-0.3, -0.25) is 4.79 Å². The van der Waals surface area contributed by atoms with Crippen LogP contribution < -0.4 is 14.8 Å². The van der Waals surface area contributed by atoms with E-state index in [1.807, 2.05) is 0 Å². The minimum Gasteiger partial charge on any atom is -0.497 e. The van der Waals surface area contributed by atoms with Gasteiger partial charge in [-0.15, -0.1) is 0 Å². The summed E-state index contributed by atoms with van der Waals surface area (Å²) in [4.78, 5) is 12.0. The van der Waals surface area contributed by atoms with E-state index in [0.29, 0.717) is 11.3 Å². The molecule has 0 fully saturated rings. The lowest BCUT2D eigenvalue weighted by Crippen LogP contribution is -2.35. The van der Waals surface area contributed by atoms with Crippen molar-refractivity contribution in [1.82, 2.24) is 5.32 Å². The maximum Gasteiger partial charge on any atom is 0.261 e. The standard InChI is InChI=1S/C17H18FNO3/c1-12(22-16-8-6-15(21-2)7-9-16)17(20)19-11-13-4-3-5-14(18)10-13/h3-10,12H,11H2,1-2H3,(H,19,20). The second-order valence-corrected chi connectivity index (χ2v) is 4.78. The van der Waals surface area contributed by atoms with E-state index in [1.54, 1.807) is 50.4 Å². The van der Waals surface area contributed by atoms with Crippen LogP contribution in [-0.4, -0.2) is 19.1 Å². The molecule has 0 radical (unpaired) electrons. The van der Waals surface area contributed by atoms with E-state index in [4.69, 9.17) is 9.47 Å². The lowest BCUT2D eigenvalue weighted by atomic mass is 10.2. The SMILES string of the molecule is COc1ccc(OC(C)C(=O)NCc2cccc(F)c2)cc1. The molecule has 0 aliphatic rings. The van der Waals surface area contributed by atoms with Crippen molar-refractivity contribution in [3.05, 3.63) is 59.9 Å². The van der Waals surface area contributed by atoms with E-state index in [9.17, 15) is 9.18 Å². The number of ether oxygens (including phenoxy) is 2. The van der Waals surface area contributed by atoms with Gasteiger partial charge in [0.2, 0.25) is 0 Å². The predicted octanol–water partition coefficient (Wildman–Crippen LogP) is 2.92. The number of nitrogens with one attached hydrogen (secondary N) is 1. The minimum atomic E-state index is -0.651. The van der Waals surface area contributed by atoms with Crippen molar-refractivity contribution in [2.24, 2.45) is 0 Å². The van der Waals surface area contributed by atoms with Gasteiger partial charge in [0.1, 0.15) is 17.3 Å². The Balaban J connectivity index is 1.86. The summed E-state index contributed by atoms with van der Waals surface area (Å²) in [6.45, 7) is 1.91. The molecule has 4 nitrogen and oxygen atoms in total. The quantitative estimate of drug-likeness (QED) is 0.892. The maximum absolute atomic E-state index is 13.1. The summed E-state index contributed by atoms with van der Waals surface area (Å²) in [5.41, 5.74) is 0.699. The number of carbonyl (C=O) groups is 1. The first-order chi connectivity index (χ1) is 10.6. The average molecular weight is 303 g/mol. The first-order valence-corrected chi connectivity index (χ1v) is 6.91. The van der Waals surface area contributed by atoms with Gasteiger partial charge in [0.25, 0.3) is 5.91 Å². The van der Waals surface area contributed by atoms with Crippen LogP contribution in [0.1, 0.15) is 12.5 Å². The Bertz CT molecular complexity index is 628. The number of methoxy groups -OCH3 is 1. The van der Waals surface area contributed by atoms with Crippen molar-refractivity contribution >= 4 is 5.91 Å². The third kappa shape index (κ3) is 4.48. The second-order valence-electron chi connectivity index (χ2n) is 4.78. The third-order valence-corrected chi connectivity index (χ3v) is 3.10. The average Bonchev–Trinajstić information content (AvgIpc) is 2.53. The van der Waals surface area contributed by atoms with Crippen LogP contribution in [0.25, 0.3) is 0 Å². The summed E-state index contributed by atoms with van der Waals surface area (Å²) in [5, 5.41) is 2.71. The predicted molar refractivity (Wildman–Crippen MR) is 81.3 cm³/mol. The van der Waals surface area contributed by atoms with Crippen LogP contribution in [0.15, 0.2) is 48.5 Å². The van der Waals surface area contributed by atoms with E-state index in [1.165, 1.54) is 12.1 Å². The van der Waals surface area contributed by atoms with Gasteiger partial charge in [-0.05, 0) is 48.9 Å². The molecular weight excluding hydrogens is 285 g/mol. The summed E-state index contributed by atoms with van der Waals surface area (Å²) in [6.07, 6.45) is -0.651. The summed E-state index contributed by atoms with van der Waals surface area (Å²) >= 11 is 0. The van der Waals surface area contributed by atoms with Crippen molar-refractivity contribution in [1.29, 1.82) is 0 Å². The van der Waals surface area contributed by atoms with Crippen LogP contribution in [-0.2, 0) is 11.3 Å². The van der Waals surface area contributed by atoms with E-state index in [2.05, 4.69) is 5.32 Å². The van der Waals surface area contributed by atoms with Crippen molar-refractivity contribution in [3.8, 4) is 11.5 Å². The molecule has 5 heteroatoms. The van der Waals surface area contributed by atoms with Crippen LogP contribution >= 0.6 is 0 Å². The highest BCUT2D eigenvalue weighted by molar-refractivity contribution is 5.80. The number of hydrogen-bond acceptors (Lipinski definition) is 3. The summed E-state index contributed by atoms with van der Waals surface area (Å²) in [7, 11) is 1.58. The number of halogens is 1. The van der Waals surface area contributed by atoms with Crippen molar-refractivity contribution in [2.45, 2.75) is 19.6 Å². The van der Waals surface area contributed by atoms with Gasteiger partial charge in [-0.1, -0.05) is 12.1 Å². The van der Waals surface area contributed by atoms with E-state index >= 15 is 0 Å². The molecule has 0 spiro atoms. The lowest BCUT2D eigenvalue weighted by molar-refractivity contribution is -0.127. The Kier molecular flexibility index (Phi) is 5.36. The largest absolute Gasteiger partial charge is 0.497 e. The molecule has 2 aromatic rings. The Morgan fingerprint density at radius 1 is 1.18 bits per heavy atom. The molecule has 1 N–H and O–H groups in total. The third-order valence-electron chi connectivity index (χ3n) is 3.10. The number of carbonyl (C=O) groups excluding carboxylic acids is 1. The zero-order valence-electron chi connectivity index (χ0n) is 12.5. The van der Waals surface area contributed by atoms with Gasteiger partial charge in [0.15, 0.2) is 6.10 Å². The molecule has 0 saturated carbocycles. The lowest BCUT2D eigenvalue weighted by Gasteiger charge is -2.15. The fourth-order valence-electron chi connectivity index (χ4n) is 1.89. The van der Waals surface area contributed by atoms with Crippen LogP contribution in [0.3, 0.4) is 0 Å². The summed E-state index contributed by atoms with van der Waals surface area (Å²) < 4.78 is 23.7. The fourth-order valence-corrected chi connectivity index (χ4v) is 1.89. The number of rotatable bonds is 6.